The van der Waals surface area contributed by atoms with Crippen molar-refractivity contribution in [2.24, 2.45) is 0 Å². The first kappa shape index (κ1) is 12.8. The number of benzene rings is 1. The molecule has 0 saturated carbocycles. The summed E-state index contributed by atoms with van der Waals surface area (Å²) < 4.78 is 1.19. The van der Waals surface area contributed by atoms with Gasteiger partial charge in [0.2, 0.25) is 0 Å². The number of nitrogens with one attached hydrogen (secondary N) is 1. The van der Waals surface area contributed by atoms with Crippen LogP contribution in [0, 0.1) is 6.92 Å². The van der Waals surface area contributed by atoms with Crippen LogP contribution in [-0.2, 0) is 6.54 Å². The lowest BCUT2D eigenvalue weighted by molar-refractivity contribution is 0.579. The summed E-state index contributed by atoms with van der Waals surface area (Å²) in [6.07, 6.45) is 0. The van der Waals surface area contributed by atoms with Gasteiger partial charge in [0.05, 0.1) is 3.79 Å². The maximum Gasteiger partial charge on any atom is 0.0701 e. The lowest BCUT2D eigenvalue weighted by Gasteiger charge is -2.13. The Labute approximate surface area is 115 Å². The molecule has 0 aliphatic heterocycles. The summed E-state index contributed by atoms with van der Waals surface area (Å²) >= 11 is 5.26. The van der Waals surface area contributed by atoms with Gasteiger partial charge in [0, 0.05) is 17.5 Å². The molecule has 0 amide bonds. The Bertz CT molecular complexity index is 475. The summed E-state index contributed by atoms with van der Waals surface area (Å²) in [6, 6.07) is 13.3. The molecule has 2 rings (SSSR count). The molecule has 0 radical (unpaired) electrons. The molecule has 1 N–H and O–H groups in total. The van der Waals surface area contributed by atoms with Crippen LogP contribution in [0.2, 0.25) is 0 Å². The average Bonchev–Trinajstić information content (AvgIpc) is 2.73. The van der Waals surface area contributed by atoms with Crippen LogP contribution in [0.4, 0.5) is 0 Å². The van der Waals surface area contributed by atoms with E-state index in [4.69, 9.17) is 0 Å². The smallest absolute Gasteiger partial charge is 0.0701 e. The molecule has 0 fully saturated rings. The molecule has 0 saturated heterocycles. The minimum atomic E-state index is 0.386. The molecule has 1 heterocycles. The second kappa shape index (κ2) is 5.80. The topological polar surface area (TPSA) is 12.0 Å². The van der Waals surface area contributed by atoms with Gasteiger partial charge in [0.25, 0.3) is 0 Å². The van der Waals surface area contributed by atoms with Crippen molar-refractivity contribution in [2.45, 2.75) is 26.4 Å². The van der Waals surface area contributed by atoms with Gasteiger partial charge in [-0.3, -0.25) is 0 Å². The molecule has 1 aromatic heterocycles. The average molecular weight is 310 g/mol. The zero-order valence-electron chi connectivity index (χ0n) is 10.0. The molecule has 2 aromatic rings. The molecule has 0 spiro atoms. The summed E-state index contributed by atoms with van der Waals surface area (Å²) in [5.74, 6) is 0. The standard InChI is InChI=1S/C14H16BrNS/c1-10-3-5-12(6-4-10)11(2)16-9-13-7-8-14(15)17-13/h3-8,11,16H,9H2,1-2H3/t11-/m0/s1. The number of aryl methyl sites for hydroxylation is 1. The maximum atomic E-state index is 3.54. The van der Waals surface area contributed by atoms with Gasteiger partial charge in [0.1, 0.15) is 0 Å². The molecule has 1 nitrogen and oxygen atoms in total. The highest BCUT2D eigenvalue weighted by molar-refractivity contribution is 9.11. The van der Waals surface area contributed by atoms with E-state index in [0.717, 1.165) is 6.54 Å². The van der Waals surface area contributed by atoms with E-state index < -0.39 is 0 Å². The zero-order chi connectivity index (χ0) is 12.3. The highest BCUT2D eigenvalue weighted by atomic mass is 79.9. The fourth-order valence-corrected chi connectivity index (χ4v) is 3.11. The van der Waals surface area contributed by atoms with E-state index in [1.165, 1.54) is 19.8 Å². The number of halogens is 1. The van der Waals surface area contributed by atoms with Gasteiger partial charge in [-0.25, -0.2) is 0 Å². The van der Waals surface area contributed by atoms with Crippen LogP contribution in [-0.4, -0.2) is 0 Å². The van der Waals surface area contributed by atoms with Crippen LogP contribution in [0.15, 0.2) is 40.2 Å². The maximum absolute atomic E-state index is 3.54. The van der Waals surface area contributed by atoms with Crippen molar-refractivity contribution >= 4 is 27.3 Å². The van der Waals surface area contributed by atoms with E-state index in [-0.39, 0.29) is 0 Å². The number of thiophene rings is 1. The van der Waals surface area contributed by atoms with Crippen molar-refractivity contribution in [3.05, 3.63) is 56.2 Å². The van der Waals surface area contributed by atoms with E-state index in [2.05, 4.69) is 71.5 Å². The minimum Gasteiger partial charge on any atom is -0.305 e. The van der Waals surface area contributed by atoms with Crippen molar-refractivity contribution < 1.29 is 0 Å². The molecule has 0 bridgehead atoms. The third kappa shape index (κ3) is 3.66. The fraction of sp³-hybridized carbons (Fsp3) is 0.286. The molecule has 17 heavy (non-hydrogen) atoms. The van der Waals surface area contributed by atoms with Crippen LogP contribution in [0.1, 0.15) is 29.0 Å². The van der Waals surface area contributed by atoms with E-state index in [1.807, 2.05) is 0 Å². The van der Waals surface area contributed by atoms with Crippen LogP contribution in [0.5, 0.6) is 0 Å². The Balaban J connectivity index is 1.93. The van der Waals surface area contributed by atoms with Crippen LogP contribution in [0.3, 0.4) is 0 Å². The first-order chi connectivity index (χ1) is 8.15. The van der Waals surface area contributed by atoms with E-state index in [9.17, 15) is 0 Å². The number of hydrogen-bond acceptors (Lipinski definition) is 2. The van der Waals surface area contributed by atoms with Crippen molar-refractivity contribution in [1.29, 1.82) is 0 Å². The molecule has 90 valence electrons. The molecule has 1 aromatic carbocycles. The van der Waals surface area contributed by atoms with Gasteiger partial charge in [0.15, 0.2) is 0 Å². The van der Waals surface area contributed by atoms with Gasteiger partial charge < -0.3 is 5.32 Å². The van der Waals surface area contributed by atoms with Crippen molar-refractivity contribution in [3.8, 4) is 0 Å². The Hall–Kier alpha value is -0.640. The van der Waals surface area contributed by atoms with Gasteiger partial charge in [-0.05, 0) is 47.5 Å². The Morgan fingerprint density at radius 3 is 2.47 bits per heavy atom. The van der Waals surface area contributed by atoms with Gasteiger partial charge in [-0.2, -0.15) is 0 Å². The minimum absolute atomic E-state index is 0.386. The summed E-state index contributed by atoms with van der Waals surface area (Å²) in [7, 11) is 0. The largest absolute Gasteiger partial charge is 0.305 e. The Kier molecular flexibility index (Phi) is 4.37. The second-order valence-electron chi connectivity index (χ2n) is 4.22. The summed E-state index contributed by atoms with van der Waals surface area (Å²) in [6.45, 7) is 5.24. The first-order valence-electron chi connectivity index (χ1n) is 5.69. The molecular weight excluding hydrogens is 294 g/mol. The Morgan fingerprint density at radius 2 is 1.88 bits per heavy atom. The summed E-state index contributed by atoms with van der Waals surface area (Å²) in [4.78, 5) is 1.36. The molecule has 0 unspecified atom stereocenters. The third-order valence-electron chi connectivity index (χ3n) is 2.79. The third-order valence-corrected chi connectivity index (χ3v) is 4.41. The van der Waals surface area contributed by atoms with Crippen LogP contribution >= 0.6 is 27.3 Å². The second-order valence-corrected chi connectivity index (χ2v) is 6.77. The van der Waals surface area contributed by atoms with E-state index in [0.29, 0.717) is 6.04 Å². The predicted octanol–water partition coefficient (Wildman–Crippen LogP) is 4.67. The fourth-order valence-electron chi connectivity index (χ4n) is 1.67. The highest BCUT2D eigenvalue weighted by Gasteiger charge is 2.05. The lowest BCUT2D eigenvalue weighted by atomic mass is 10.1. The Morgan fingerprint density at radius 1 is 1.18 bits per heavy atom. The monoisotopic (exact) mass is 309 g/mol. The van der Waals surface area contributed by atoms with Crippen LogP contribution in [0.25, 0.3) is 0 Å². The van der Waals surface area contributed by atoms with Crippen LogP contribution < -0.4 is 5.32 Å². The van der Waals surface area contributed by atoms with Crippen molar-refractivity contribution in [3.63, 3.8) is 0 Å². The molecule has 3 heteroatoms. The molecular formula is C14H16BrNS. The molecule has 0 aliphatic carbocycles. The number of rotatable bonds is 4. The zero-order valence-corrected chi connectivity index (χ0v) is 12.4. The quantitative estimate of drug-likeness (QED) is 0.865. The van der Waals surface area contributed by atoms with Gasteiger partial charge >= 0.3 is 0 Å². The van der Waals surface area contributed by atoms with Crippen molar-refractivity contribution in [1.82, 2.24) is 5.32 Å². The normalized spacial score (nSPS) is 12.6. The van der Waals surface area contributed by atoms with Gasteiger partial charge in [-0.15, -0.1) is 11.3 Å². The highest BCUT2D eigenvalue weighted by Crippen LogP contribution is 2.22. The summed E-state index contributed by atoms with van der Waals surface area (Å²) in [5, 5.41) is 3.54. The molecule has 0 aliphatic rings. The van der Waals surface area contributed by atoms with E-state index in [1.54, 1.807) is 11.3 Å². The molecule has 1 atom stereocenters. The first-order valence-corrected chi connectivity index (χ1v) is 7.30. The predicted molar refractivity (Wildman–Crippen MR) is 78.5 cm³/mol. The van der Waals surface area contributed by atoms with Gasteiger partial charge in [-0.1, -0.05) is 29.8 Å². The van der Waals surface area contributed by atoms with E-state index >= 15 is 0 Å². The van der Waals surface area contributed by atoms with Crippen molar-refractivity contribution in [2.75, 3.05) is 0 Å². The summed E-state index contributed by atoms with van der Waals surface area (Å²) in [5.41, 5.74) is 2.65. The number of hydrogen-bond donors (Lipinski definition) is 1. The SMILES string of the molecule is Cc1ccc([C@H](C)NCc2ccc(Br)s2)cc1. The lowest BCUT2D eigenvalue weighted by Crippen LogP contribution is -2.17.